The van der Waals surface area contributed by atoms with Crippen LogP contribution in [-0.2, 0) is 9.53 Å². The first-order valence-electron chi connectivity index (χ1n) is 4.77. The molecule has 0 unspecified atom stereocenters. The van der Waals surface area contributed by atoms with Crippen molar-refractivity contribution in [2.45, 2.75) is 27.7 Å². The van der Waals surface area contributed by atoms with Crippen molar-refractivity contribution in [2.24, 2.45) is 11.8 Å². The van der Waals surface area contributed by atoms with Gasteiger partial charge in [-0.2, -0.15) is 0 Å². The van der Waals surface area contributed by atoms with E-state index in [1.807, 2.05) is 13.8 Å². The maximum atomic E-state index is 11.4. The fourth-order valence-corrected chi connectivity index (χ4v) is 0.930. The van der Waals surface area contributed by atoms with Gasteiger partial charge in [0.15, 0.2) is 0 Å². The van der Waals surface area contributed by atoms with Crippen LogP contribution >= 0.6 is 0 Å². The van der Waals surface area contributed by atoms with E-state index in [1.54, 1.807) is 11.9 Å². The maximum Gasteiger partial charge on any atom is 0.226 e. The highest BCUT2D eigenvalue weighted by Crippen LogP contribution is 2.00. The predicted octanol–water partition coefficient (Wildman–Crippen LogP) is 1.73. The van der Waals surface area contributed by atoms with E-state index in [1.165, 1.54) is 0 Å². The molecule has 0 rings (SSSR count). The molecule has 0 aliphatic heterocycles. The van der Waals surface area contributed by atoms with Gasteiger partial charge in [0.25, 0.3) is 0 Å². The van der Waals surface area contributed by atoms with Crippen LogP contribution in [0.2, 0.25) is 0 Å². The van der Waals surface area contributed by atoms with Crippen LogP contribution < -0.4 is 0 Å². The fourth-order valence-electron chi connectivity index (χ4n) is 0.930. The summed E-state index contributed by atoms with van der Waals surface area (Å²) in [7, 11) is 1.77. The lowest BCUT2D eigenvalue weighted by Gasteiger charge is -2.19. The van der Waals surface area contributed by atoms with Gasteiger partial charge in [0.2, 0.25) is 5.91 Å². The van der Waals surface area contributed by atoms with Gasteiger partial charge in [0.1, 0.15) is 6.73 Å². The maximum absolute atomic E-state index is 11.4. The highest BCUT2D eigenvalue weighted by Gasteiger charge is 2.12. The number of carbonyl (C=O) groups is 1. The zero-order valence-electron chi connectivity index (χ0n) is 9.33. The summed E-state index contributed by atoms with van der Waals surface area (Å²) in [6.45, 7) is 9.06. The molecule has 1 amide bonds. The second-order valence-corrected chi connectivity index (χ2v) is 4.08. The SMILES string of the molecule is CC(C)COCN(C)C(=O)C(C)C. The smallest absolute Gasteiger partial charge is 0.226 e. The zero-order valence-corrected chi connectivity index (χ0v) is 9.33. The van der Waals surface area contributed by atoms with Crippen molar-refractivity contribution in [3.63, 3.8) is 0 Å². The highest BCUT2D eigenvalue weighted by atomic mass is 16.5. The molecule has 78 valence electrons. The molecule has 0 heterocycles. The second-order valence-electron chi connectivity index (χ2n) is 4.08. The van der Waals surface area contributed by atoms with Crippen molar-refractivity contribution >= 4 is 5.91 Å². The monoisotopic (exact) mass is 187 g/mol. The Morgan fingerprint density at radius 1 is 1.31 bits per heavy atom. The molecule has 0 aromatic rings. The number of carbonyl (C=O) groups excluding carboxylic acids is 1. The van der Waals surface area contributed by atoms with E-state index in [0.717, 1.165) is 0 Å². The third kappa shape index (κ3) is 5.64. The molecule has 0 aliphatic carbocycles. The Hall–Kier alpha value is -0.570. The third-order valence-corrected chi connectivity index (χ3v) is 1.61. The topological polar surface area (TPSA) is 29.5 Å². The van der Waals surface area contributed by atoms with Crippen LogP contribution in [0, 0.1) is 11.8 Å². The Bertz CT molecular complexity index is 155. The molecule has 0 aliphatic rings. The molecule has 0 aromatic heterocycles. The molecule has 0 aromatic carbocycles. The molecule has 0 radical (unpaired) electrons. The van der Waals surface area contributed by atoms with Crippen LogP contribution in [0.1, 0.15) is 27.7 Å². The number of amides is 1. The number of hydrogen-bond donors (Lipinski definition) is 0. The molecule has 0 saturated carbocycles. The molecular weight excluding hydrogens is 166 g/mol. The zero-order chi connectivity index (χ0) is 10.4. The van der Waals surface area contributed by atoms with E-state index < -0.39 is 0 Å². The summed E-state index contributed by atoms with van der Waals surface area (Å²) in [5.74, 6) is 0.693. The van der Waals surface area contributed by atoms with Gasteiger partial charge in [-0.15, -0.1) is 0 Å². The third-order valence-electron chi connectivity index (χ3n) is 1.61. The minimum Gasteiger partial charge on any atom is -0.361 e. The first-order chi connectivity index (χ1) is 5.95. The van der Waals surface area contributed by atoms with Gasteiger partial charge >= 0.3 is 0 Å². The molecule has 13 heavy (non-hydrogen) atoms. The minimum absolute atomic E-state index is 0.0487. The lowest BCUT2D eigenvalue weighted by molar-refractivity contribution is -0.138. The Morgan fingerprint density at radius 3 is 2.23 bits per heavy atom. The summed E-state index contributed by atoms with van der Waals surface area (Å²) in [6.07, 6.45) is 0. The summed E-state index contributed by atoms with van der Waals surface area (Å²) in [5, 5.41) is 0. The highest BCUT2D eigenvalue weighted by molar-refractivity contribution is 5.77. The van der Waals surface area contributed by atoms with Crippen molar-refractivity contribution < 1.29 is 9.53 Å². The van der Waals surface area contributed by atoms with Gasteiger partial charge < -0.3 is 9.64 Å². The standard InChI is InChI=1S/C10H21NO2/c1-8(2)6-13-7-11(5)10(12)9(3)4/h8-9H,6-7H2,1-5H3. The van der Waals surface area contributed by atoms with E-state index in [2.05, 4.69) is 13.8 Å². The van der Waals surface area contributed by atoms with Gasteiger partial charge in [-0.3, -0.25) is 4.79 Å². The quantitative estimate of drug-likeness (QED) is 0.613. The molecule has 3 heteroatoms. The van der Waals surface area contributed by atoms with Crippen LogP contribution in [0.3, 0.4) is 0 Å². The van der Waals surface area contributed by atoms with Crippen LogP contribution in [-0.4, -0.2) is 31.2 Å². The lowest BCUT2D eigenvalue weighted by Crippen LogP contribution is -2.32. The van der Waals surface area contributed by atoms with Crippen LogP contribution in [0.5, 0.6) is 0 Å². The van der Waals surface area contributed by atoms with Crippen molar-refractivity contribution in [1.82, 2.24) is 4.90 Å². The molecule has 3 nitrogen and oxygen atoms in total. The summed E-state index contributed by atoms with van der Waals surface area (Å²) in [4.78, 5) is 13.0. The molecule has 0 bridgehead atoms. The predicted molar refractivity (Wildman–Crippen MR) is 53.3 cm³/mol. The molecule has 0 N–H and O–H groups in total. The van der Waals surface area contributed by atoms with E-state index >= 15 is 0 Å². The van der Waals surface area contributed by atoms with Crippen molar-refractivity contribution in [2.75, 3.05) is 20.4 Å². The average molecular weight is 187 g/mol. The Morgan fingerprint density at radius 2 is 1.85 bits per heavy atom. The molecule has 0 saturated heterocycles. The molecule has 0 fully saturated rings. The Balaban J connectivity index is 3.62. The van der Waals surface area contributed by atoms with E-state index in [4.69, 9.17) is 4.74 Å². The number of rotatable bonds is 5. The van der Waals surface area contributed by atoms with Gasteiger partial charge in [0.05, 0.1) is 6.61 Å². The van der Waals surface area contributed by atoms with E-state index in [9.17, 15) is 4.79 Å². The molecule has 0 atom stereocenters. The fraction of sp³-hybridized carbons (Fsp3) is 0.900. The normalized spacial score (nSPS) is 11.0. The first-order valence-corrected chi connectivity index (χ1v) is 4.77. The number of ether oxygens (including phenoxy) is 1. The summed E-state index contributed by atoms with van der Waals surface area (Å²) < 4.78 is 5.33. The minimum atomic E-state index is 0.0487. The van der Waals surface area contributed by atoms with Crippen LogP contribution in [0.4, 0.5) is 0 Å². The Kier molecular flexibility index (Phi) is 5.71. The van der Waals surface area contributed by atoms with E-state index in [-0.39, 0.29) is 11.8 Å². The summed E-state index contributed by atoms with van der Waals surface area (Å²) in [5.41, 5.74) is 0. The molecule has 0 spiro atoms. The van der Waals surface area contributed by atoms with Crippen LogP contribution in [0.15, 0.2) is 0 Å². The van der Waals surface area contributed by atoms with Gasteiger partial charge in [0, 0.05) is 13.0 Å². The van der Waals surface area contributed by atoms with E-state index in [0.29, 0.717) is 19.3 Å². The largest absolute Gasteiger partial charge is 0.361 e. The molecular formula is C10H21NO2. The van der Waals surface area contributed by atoms with Crippen molar-refractivity contribution in [3.05, 3.63) is 0 Å². The van der Waals surface area contributed by atoms with Crippen LogP contribution in [0.25, 0.3) is 0 Å². The summed E-state index contributed by atoms with van der Waals surface area (Å²) >= 11 is 0. The first kappa shape index (κ1) is 12.4. The lowest BCUT2D eigenvalue weighted by atomic mass is 10.2. The van der Waals surface area contributed by atoms with Gasteiger partial charge in [-0.1, -0.05) is 27.7 Å². The number of nitrogens with zero attached hydrogens (tertiary/aromatic N) is 1. The summed E-state index contributed by atoms with van der Waals surface area (Å²) in [6, 6.07) is 0. The van der Waals surface area contributed by atoms with Crippen molar-refractivity contribution in [3.8, 4) is 0 Å². The second kappa shape index (κ2) is 5.97. The number of hydrogen-bond acceptors (Lipinski definition) is 2. The van der Waals surface area contributed by atoms with Gasteiger partial charge in [-0.05, 0) is 5.92 Å². The van der Waals surface area contributed by atoms with Crippen molar-refractivity contribution in [1.29, 1.82) is 0 Å². The average Bonchev–Trinajstić information content (AvgIpc) is 2.02. The van der Waals surface area contributed by atoms with Gasteiger partial charge in [-0.25, -0.2) is 0 Å². The Labute approximate surface area is 81.1 Å².